The molecule has 3 aromatic rings. The van der Waals surface area contributed by atoms with Gasteiger partial charge in [0.1, 0.15) is 0 Å². The van der Waals surface area contributed by atoms with Gasteiger partial charge in [0.25, 0.3) is 5.91 Å². The van der Waals surface area contributed by atoms with Crippen molar-refractivity contribution in [2.24, 2.45) is 0 Å². The third-order valence-electron chi connectivity index (χ3n) is 4.62. The van der Waals surface area contributed by atoms with Crippen molar-refractivity contribution in [2.45, 2.75) is 20.0 Å². The van der Waals surface area contributed by atoms with Gasteiger partial charge >= 0.3 is 5.97 Å². The number of nitrogens with zero attached hydrogens (tertiary/aromatic N) is 1. The number of ketones is 1. The highest BCUT2D eigenvalue weighted by Gasteiger charge is 2.23. The van der Waals surface area contributed by atoms with Gasteiger partial charge < -0.3 is 10.1 Å². The molecular formula is C25H20N2O4. The van der Waals surface area contributed by atoms with Crippen molar-refractivity contribution in [2.75, 3.05) is 5.32 Å². The molecule has 1 N–H and O–H groups in total. The maximum absolute atomic E-state index is 12.9. The Kier molecular flexibility index (Phi) is 6.58. The Labute approximate surface area is 180 Å². The van der Waals surface area contributed by atoms with Crippen molar-refractivity contribution in [1.29, 1.82) is 5.26 Å². The number of nitriles is 1. The van der Waals surface area contributed by atoms with E-state index in [1.165, 1.54) is 19.1 Å². The number of hydrogen-bond acceptors (Lipinski definition) is 5. The van der Waals surface area contributed by atoms with E-state index in [4.69, 9.17) is 10.00 Å². The van der Waals surface area contributed by atoms with E-state index in [2.05, 4.69) is 5.32 Å². The van der Waals surface area contributed by atoms with E-state index in [0.29, 0.717) is 16.8 Å². The van der Waals surface area contributed by atoms with E-state index in [9.17, 15) is 14.4 Å². The zero-order chi connectivity index (χ0) is 22.4. The predicted octanol–water partition coefficient (Wildman–Crippen LogP) is 4.28. The van der Waals surface area contributed by atoms with Crippen LogP contribution in [0.2, 0.25) is 0 Å². The number of amides is 1. The monoisotopic (exact) mass is 412 g/mol. The third kappa shape index (κ3) is 5.22. The van der Waals surface area contributed by atoms with Gasteiger partial charge in [-0.2, -0.15) is 5.26 Å². The van der Waals surface area contributed by atoms with Gasteiger partial charge in [-0.25, -0.2) is 4.79 Å². The summed E-state index contributed by atoms with van der Waals surface area (Å²) in [6.45, 7) is 3.36. The van der Waals surface area contributed by atoms with E-state index in [1.807, 2.05) is 25.1 Å². The van der Waals surface area contributed by atoms with Crippen molar-refractivity contribution >= 4 is 23.3 Å². The van der Waals surface area contributed by atoms with Crippen molar-refractivity contribution < 1.29 is 19.1 Å². The van der Waals surface area contributed by atoms with E-state index >= 15 is 0 Å². The summed E-state index contributed by atoms with van der Waals surface area (Å²) < 4.78 is 5.30. The summed E-state index contributed by atoms with van der Waals surface area (Å²) in [6.07, 6.45) is -1.11. The highest BCUT2D eigenvalue weighted by Crippen LogP contribution is 2.18. The van der Waals surface area contributed by atoms with E-state index < -0.39 is 18.0 Å². The average Bonchev–Trinajstić information content (AvgIpc) is 2.79. The quantitative estimate of drug-likeness (QED) is 0.481. The molecule has 0 aromatic heterocycles. The van der Waals surface area contributed by atoms with Crippen LogP contribution in [0.4, 0.5) is 5.69 Å². The Morgan fingerprint density at radius 1 is 0.935 bits per heavy atom. The topological polar surface area (TPSA) is 96.3 Å². The molecule has 6 heteroatoms. The molecular weight excluding hydrogens is 392 g/mol. The van der Waals surface area contributed by atoms with Crippen molar-refractivity contribution in [3.8, 4) is 6.07 Å². The summed E-state index contributed by atoms with van der Waals surface area (Å²) in [4.78, 5) is 38.0. The summed E-state index contributed by atoms with van der Waals surface area (Å²) >= 11 is 0. The zero-order valence-electron chi connectivity index (χ0n) is 17.1. The van der Waals surface area contributed by atoms with E-state index in [1.54, 1.807) is 48.5 Å². The average molecular weight is 412 g/mol. The number of aryl methyl sites for hydroxylation is 1. The molecule has 1 atom stereocenters. The van der Waals surface area contributed by atoms with Gasteiger partial charge in [-0.3, -0.25) is 9.59 Å². The van der Waals surface area contributed by atoms with Crippen LogP contribution in [0.5, 0.6) is 0 Å². The summed E-state index contributed by atoms with van der Waals surface area (Å²) in [5, 5.41) is 11.6. The third-order valence-corrected chi connectivity index (χ3v) is 4.62. The molecule has 154 valence electrons. The minimum atomic E-state index is -1.11. The molecule has 31 heavy (non-hydrogen) atoms. The molecule has 0 bridgehead atoms. The fourth-order valence-corrected chi connectivity index (χ4v) is 2.91. The second-order valence-corrected chi connectivity index (χ2v) is 6.97. The van der Waals surface area contributed by atoms with Gasteiger partial charge in [0.05, 0.1) is 17.2 Å². The Morgan fingerprint density at radius 3 is 2.29 bits per heavy atom. The fourth-order valence-electron chi connectivity index (χ4n) is 2.91. The molecule has 0 unspecified atom stereocenters. The number of carbonyl (C=O) groups is 3. The van der Waals surface area contributed by atoms with Crippen LogP contribution in [0.15, 0.2) is 72.8 Å². The number of nitrogens with one attached hydrogen (secondary N) is 1. The first-order valence-electron chi connectivity index (χ1n) is 9.61. The molecule has 0 aliphatic rings. The Balaban J connectivity index is 1.74. The van der Waals surface area contributed by atoms with Gasteiger partial charge in [-0.1, -0.05) is 54.1 Å². The normalized spacial score (nSPS) is 11.1. The highest BCUT2D eigenvalue weighted by atomic mass is 16.5. The van der Waals surface area contributed by atoms with E-state index in [-0.39, 0.29) is 16.9 Å². The van der Waals surface area contributed by atoms with Gasteiger partial charge in [0.2, 0.25) is 0 Å². The second kappa shape index (κ2) is 9.51. The van der Waals surface area contributed by atoms with Gasteiger partial charge in [0.15, 0.2) is 11.9 Å². The minimum absolute atomic E-state index is 0.0826. The Morgan fingerprint density at radius 2 is 1.61 bits per heavy atom. The van der Waals surface area contributed by atoms with Crippen LogP contribution in [-0.4, -0.2) is 23.8 Å². The van der Waals surface area contributed by atoms with Crippen LogP contribution in [0.25, 0.3) is 0 Å². The molecule has 3 rings (SSSR count). The maximum Gasteiger partial charge on any atom is 0.339 e. The molecule has 0 saturated heterocycles. The molecule has 0 saturated carbocycles. The number of ether oxygens (including phenoxy) is 1. The number of benzene rings is 3. The smallest absolute Gasteiger partial charge is 0.339 e. The first-order chi connectivity index (χ1) is 14.9. The summed E-state index contributed by atoms with van der Waals surface area (Å²) in [6, 6.07) is 21.8. The number of hydrogen-bond donors (Lipinski definition) is 1. The molecule has 0 aliphatic heterocycles. The Hall–Kier alpha value is -4.24. The lowest BCUT2D eigenvalue weighted by atomic mass is 9.98. The summed E-state index contributed by atoms with van der Waals surface area (Å²) in [5.41, 5.74) is 2.57. The van der Waals surface area contributed by atoms with Gasteiger partial charge in [-0.15, -0.1) is 0 Å². The molecule has 1 amide bonds. The molecule has 3 aromatic carbocycles. The SMILES string of the molecule is Cc1ccc(C(=O)c2ccccc2C(=O)O[C@@H](C)C(=O)Nc2cccc(C#N)c2)cc1. The van der Waals surface area contributed by atoms with Gasteiger partial charge in [-0.05, 0) is 38.1 Å². The van der Waals surface area contributed by atoms with Crippen LogP contribution in [0, 0.1) is 18.3 Å². The van der Waals surface area contributed by atoms with Crippen molar-refractivity contribution in [3.63, 3.8) is 0 Å². The minimum Gasteiger partial charge on any atom is -0.449 e. The van der Waals surface area contributed by atoms with Crippen LogP contribution in [-0.2, 0) is 9.53 Å². The molecule has 0 heterocycles. The van der Waals surface area contributed by atoms with Crippen molar-refractivity contribution in [1.82, 2.24) is 0 Å². The van der Waals surface area contributed by atoms with Crippen LogP contribution in [0.3, 0.4) is 0 Å². The molecule has 0 radical (unpaired) electrons. The van der Waals surface area contributed by atoms with Crippen molar-refractivity contribution in [3.05, 3.63) is 101 Å². The van der Waals surface area contributed by atoms with E-state index in [0.717, 1.165) is 5.56 Å². The molecule has 0 fully saturated rings. The first-order valence-corrected chi connectivity index (χ1v) is 9.61. The van der Waals surface area contributed by atoms with Gasteiger partial charge in [0, 0.05) is 16.8 Å². The predicted molar refractivity (Wildman–Crippen MR) is 116 cm³/mol. The summed E-state index contributed by atoms with van der Waals surface area (Å²) in [7, 11) is 0. The lowest BCUT2D eigenvalue weighted by molar-refractivity contribution is -0.123. The first kappa shape index (κ1) is 21.5. The zero-order valence-corrected chi connectivity index (χ0v) is 17.1. The second-order valence-electron chi connectivity index (χ2n) is 6.97. The number of anilines is 1. The van der Waals surface area contributed by atoms with Crippen LogP contribution < -0.4 is 5.32 Å². The lowest BCUT2D eigenvalue weighted by Crippen LogP contribution is -2.30. The maximum atomic E-state index is 12.9. The van der Waals surface area contributed by atoms with Crippen LogP contribution >= 0.6 is 0 Å². The Bertz CT molecular complexity index is 1180. The standard InChI is InChI=1S/C25H20N2O4/c1-16-10-12-19(13-11-16)23(28)21-8-3-4-9-22(21)25(30)31-17(2)24(29)27-20-7-5-6-18(14-20)15-26/h3-14,17H,1-2H3,(H,27,29)/t17-/m0/s1. The number of esters is 1. The highest BCUT2D eigenvalue weighted by molar-refractivity contribution is 6.14. The number of rotatable bonds is 6. The number of carbonyl (C=O) groups excluding carboxylic acids is 3. The molecule has 0 aliphatic carbocycles. The largest absolute Gasteiger partial charge is 0.449 e. The van der Waals surface area contributed by atoms with Crippen LogP contribution in [0.1, 0.15) is 44.3 Å². The lowest BCUT2D eigenvalue weighted by Gasteiger charge is -2.15. The molecule has 6 nitrogen and oxygen atoms in total. The fraction of sp³-hybridized carbons (Fsp3) is 0.120. The summed E-state index contributed by atoms with van der Waals surface area (Å²) in [5.74, 6) is -1.63. The molecule has 0 spiro atoms.